The Kier molecular flexibility index (Phi) is 5.39. The van der Waals surface area contributed by atoms with E-state index in [-0.39, 0.29) is 18.9 Å². The first-order chi connectivity index (χ1) is 10.9. The van der Waals surface area contributed by atoms with E-state index in [4.69, 9.17) is 9.84 Å². The van der Waals surface area contributed by atoms with E-state index in [1.807, 2.05) is 30.5 Å². The van der Waals surface area contributed by atoms with Crippen LogP contribution in [0.25, 0.3) is 10.9 Å². The molecule has 124 valence electrons. The van der Waals surface area contributed by atoms with E-state index in [0.717, 1.165) is 16.5 Å². The third-order valence-corrected chi connectivity index (χ3v) is 3.74. The number of benzene rings is 1. The zero-order chi connectivity index (χ0) is 16.9. The van der Waals surface area contributed by atoms with Crippen molar-refractivity contribution in [1.82, 2.24) is 10.3 Å². The molecular weight excluding hydrogens is 296 g/mol. The zero-order valence-corrected chi connectivity index (χ0v) is 13.4. The van der Waals surface area contributed by atoms with Gasteiger partial charge in [-0.3, -0.25) is 9.59 Å². The van der Waals surface area contributed by atoms with E-state index in [2.05, 4.69) is 10.3 Å². The van der Waals surface area contributed by atoms with Gasteiger partial charge in [0.25, 0.3) is 0 Å². The highest BCUT2D eigenvalue weighted by molar-refractivity contribution is 5.84. The van der Waals surface area contributed by atoms with Crippen LogP contribution in [0.3, 0.4) is 0 Å². The Morgan fingerprint density at radius 1 is 1.35 bits per heavy atom. The van der Waals surface area contributed by atoms with E-state index in [9.17, 15) is 9.59 Å². The van der Waals surface area contributed by atoms with Gasteiger partial charge in [-0.2, -0.15) is 0 Å². The molecule has 1 heterocycles. The molecule has 0 saturated carbocycles. The van der Waals surface area contributed by atoms with Crippen LogP contribution >= 0.6 is 0 Å². The predicted molar refractivity (Wildman–Crippen MR) is 87.3 cm³/mol. The van der Waals surface area contributed by atoms with Crippen molar-refractivity contribution < 1.29 is 19.4 Å². The Labute approximate surface area is 134 Å². The molecule has 0 radical (unpaired) electrons. The summed E-state index contributed by atoms with van der Waals surface area (Å²) in [5.41, 5.74) is 1.21. The fourth-order valence-corrected chi connectivity index (χ4v) is 2.77. The average molecular weight is 318 g/mol. The molecule has 0 aliphatic carbocycles. The smallest absolute Gasteiger partial charge is 0.305 e. The molecule has 0 fully saturated rings. The van der Waals surface area contributed by atoms with Gasteiger partial charge in [0.2, 0.25) is 5.91 Å². The minimum atomic E-state index is -0.971. The zero-order valence-electron chi connectivity index (χ0n) is 13.4. The van der Waals surface area contributed by atoms with Crippen LogP contribution < -0.4 is 5.32 Å². The summed E-state index contributed by atoms with van der Waals surface area (Å²) >= 11 is 0. The summed E-state index contributed by atoms with van der Waals surface area (Å²) in [5.74, 6) is -1.16. The Morgan fingerprint density at radius 2 is 2.09 bits per heavy atom. The lowest BCUT2D eigenvalue weighted by Gasteiger charge is -2.28. The number of ether oxygens (including phenoxy) is 1. The van der Waals surface area contributed by atoms with E-state index >= 15 is 0 Å². The first kappa shape index (κ1) is 17.0. The molecule has 3 N–H and O–H groups in total. The predicted octanol–water partition coefficient (Wildman–Crippen LogP) is 2.10. The van der Waals surface area contributed by atoms with Crippen molar-refractivity contribution in [2.24, 2.45) is 0 Å². The number of carboxylic acid groups (broad SMARTS) is 1. The molecule has 1 unspecified atom stereocenters. The maximum Gasteiger partial charge on any atom is 0.305 e. The first-order valence-corrected chi connectivity index (χ1v) is 7.50. The summed E-state index contributed by atoms with van der Waals surface area (Å²) in [6, 6.07) is 7.92. The third-order valence-electron chi connectivity index (χ3n) is 3.74. The Balaban J connectivity index is 1.97. The molecule has 2 aromatic rings. The fraction of sp³-hybridized carbons (Fsp3) is 0.412. The van der Waals surface area contributed by atoms with Crippen LogP contribution in [0, 0.1) is 0 Å². The van der Waals surface area contributed by atoms with E-state index in [1.165, 1.54) is 7.11 Å². The lowest BCUT2D eigenvalue weighted by Crippen LogP contribution is -2.50. The number of carboxylic acids is 1. The van der Waals surface area contributed by atoms with Crippen molar-refractivity contribution >= 4 is 22.8 Å². The number of aryl methyl sites for hydroxylation is 1. The highest BCUT2D eigenvalue weighted by Crippen LogP contribution is 2.19. The molecule has 23 heavy (non-hydrogen) atoms. The maximum absolute atomic E-state index is 12.2. The van der Waals surface area contributed by atoms with Crippen molar-refractivity contribution in [3.63, 3.8) is 0 Å². The van der Waals surface area contributed by atoms with Crippen molar-refractivity contribution in [1.29, 1.82) is 0 Å². The lowest BCUT2D eigenvalue weighted by atomic mass is 9.98. The SMILES string of the molecule is COCC(C)(CC(=O)O)NC(=O)CCc1c[nH]c2ccccc12. The van der Waals surface area contributed by atoms with Gasteiger partial charge in [0.05, 0.1) is 18.6 Å². The molecule has 0 aliphatic rings. The van der Waals surface area contributed by atoms with Crippen LogP contribution in [0.15, 0.2) is 30.5 Å². The highest BCUT2D eigenvalue weighted by atomic mass is 16.5. The van der Waals surface area contributed by atoms with Gasteiger partial charge in [0, 0.05) is 30.6 Å². The van der Waals surface area contributed by atoms with Crippen molar-refractivity contribution in [3.05, 3.63) is 36.0 Å². The van der Waals surface area contributed by atoms with E-state index < -0.39 is 11.5 Å². The molecular formula is C17H22N2O4. The highest BCUT2D eigenvalue weighted by Gasteiger charge is 2.29. The number of hydrogen-bond acceptors (Lipinski definition) is 3. The Hall–Kier alpha value is -2.34. The van der Waals surface area contributed by atoms with Gasteiger partial charge in [-0.15, -0.1) is 0 Å². The maximum atomic E-state index is 12.2. The standard InChI is InChI=1S/C17H22N2O4/c1-17(11-23-2,9-16(21)22)19-15(20)8-7-12-10-18-14-6-4-3-5-13(12)14/h3-6,10,18H,7-9,11H2,1-2H3,(H,19,20)(H,21,22). The number of H-pyrrole nitrogens is 1. The quantitative estimate of drug-likeness (QED) is 0.695. The molecule has 0 saturated heterocycles. The molecule has 0 aliphatic heterocycles. The molecule has 1 atom stereocenters. The van der Waals surface area contributed by atoms with Crippen LogP contribution in [0.1, 0.15) is 25.3 Å². The molecule has 1 aromatic carbocycles. The summed E-state index contributed by atoms with van der Waals surface area (Å²) in [6.07, 6.45) is 2.61. The van der Waals surface area contributed by atoms with Crippen LogP contribution in [0.4, 0.5) is 0 Å². The average Bonchev–Trinajstić information content (AvgIpc) is 2.87. The Bertz CT molecular complexity index is 695. The summed E-state index contributed by atoms with van der Waals surface area (Å²) < 4.78 is 5.03. The topological polar surface area (TPSA) is 91.4 Å². The Morgan fingerprint density at radius 3 is 2.78 bits per heavy atom. The molecule has 1 amide bonds. The normalized spacial score (nSPS) is 13.7. The monoisotopic (exact) mass is 318 g/mol. The number of carbonyl (C=O) groups excluding carboxylic acids is 1. The number of methoxy groups -OCH3 is 1. The summed E-state index contributed by atoms with van der Waals surface area (Å²) in [6.45, 7) is 1.83. The second-order valence-corrected chi connectivity index (χ2v) is 5.97. The van der Waals surface area contributed by atoms with E-state index in [1.54, 1.807) is 6.92 Å². The minimum Gasteiger partial charge on any atom is -0.481 e. The number of para-hydroxylation sites is 1. The van der Waals surface area contributed by atoms with Crippen LogP contribution in [0.2, 0.25) is 0 Å². The summed E-state index contributed by atoms with van der Waals surface area (Å²) in [7, 11) is 1.48. The van der Waals surface area contributed by atoms with Gasteiger partial charge in [-0.25, -0.2) is 0 Å². The number of hydrogen-bond donors (Lipinski definition) is 3. The van der Waals surface area contributed by atoms with Gasteiger partial charge in [-0.05, 0) is 25.0 Å². The molecule has 0 bridgehead atoms. The number of nitrogens with one attached hydrogen (secondary N) is 2. The molecule has 6 heteroatoms. The number of aromatic nitrogens is 1. The van der Waals surface area contributed by atoms with Gasteiger partial charge >= 0.3 is 5.97 Å². The van der Waals surface area contributed by atoms with Gasteiger partial charge in [0.15, 0.2) is 0 Å². The van der Waals surface area contributed by atoms with Crippen molar-refractivity contribution in [3.8, 4) is 0 Å². The number of fused-ring (bicyclic) bond motifs is 1. The fourth-order valence-electron chi connectivity index (χ4n) is 2.77. The van der Waals surface area contributed by atoms with Crippen LogP contribution in [-0.2, 0) is 20.7 Å². The van der Waals surface area contributed by atoms with E-state index in [0.29, 0.717) is 12.8 Å². The van der Waals surface area contributed by atoms with Gasteiger partial charge < -0.3 is 20.1 Å². The van der Waals surface area contributed by atoms with Crippen LogP contribution in [-0.4, -0.2) is 41.2 Å². The lowest BCUT2D eigenvalue weighted by molar-refractivity contribution is -0.139. The van der Waals surface area contributed by atoms with Crippen molar-refractivity contribution in [2.45, 2.75) is 31.7 Å². The molecule has 1 aromatic heterocycles. The summed E-state index contributed by atoms with van der Waals surface area (Å²) in [5, 5.41) is 12.9. The molecule has 6 nitrogen and oxygen atoms in total. The second-order valence-electron chi connectivity index (χ2n) is 5.97. The number of aromatic amines is 1. The number of rotatable bonds is 8. The van der Waals surface area contributed by atoms with Crippen LogP contribution in [0.5, 0.6) is 0 Å². The van der Waals surface area contributed by atoms with Gasteiger partial charge in [-0.1, -0.05) is 18.2 Å². The second kappa shape index (κ2) is 7.28. The van der Waals surface area contributed by atoms with Crippen molar-refractivity contribution in [2.75, 3.05) is 13.7 Å². The summed E-state index contributed by atoms with van der Waals surface area (Å²) in [4.78, 5) is 26.3. The molecule has 2 rings (SSSR count). The number of carbonyl (C=O) groups is 2. The number of aliphatic carboxylic acids is 1. The molecule has 0 spiro atoms. The van der Waals surface area contributed by atoms with Gasteiger partial charge in [0.1, 0.15) is 0 Å². The number of amides is 1. The largest absolute Gasteiger partial charge is 0.481 e. The first-order valence-electron chi connectivity index (χ1n) is 7.50. The third kappa shape index (κ3) is 4.56. The minimum absolute atomic E-state index is 0.151.